The van der Waals surface area contributed by atoms with Crippen LogP contribution in [0.1, 0.15) is 46.0 Å². The number of nitrogens with two attached hydrogens (primary N) is 1. The summed E-state index contributed by atoms with van der Waals surface area (Å²) in [6, 6.07) is 0.209. The molecule has 0 heterocycles. The van der Waals surface area contributed by atoms with Gasteiger partial charge in [-0.15, -0.1) is 12.3 Å². The first-order valence-electron chi connectivity index (χ1n) is 5.27. The first-order chi connectivity index (χ1) is 6.08. The fourth-order valence-electron chi connectivity index (χ4n) is 2.59. The lowest BCUT2D eigenvalue weighted by molar-refractivity contribution is 0.114. The van der Waals surface area contributed by atoms with Crippen molar-refractivity contribution in [3.05, 3.63) is 0 Å². The number of rotatable bonds is 2. The molecule has 2 N–H and O–H groups in total. The molecule has 2 unspecified atom stereocenters. The average Bonchev–Trinajstić information content (AvgIpc) is 2.03. The Morgan fingerprint density at radius 1 is 1.54 bits per heavy atom. The van der Waals surface area contributed by atoms with E-state index >= 15 is 0 Å². The van der Waals surface area contributed by atoms with Crippen molar-refractivity contribution in [2.45, 2.75) is 52.0 Å². The third-order valence-electron chi connectivity index (χ3n) is 3.46. The van der Waals surface area contributed by atoms with Gasteiger partial charge < -0.3 is 5.73 Å². The Bertz CT molecular complexity index is 200. The van der Waals surface area contributed by atoms with Crippen molar-refractivity contribution in [2.24, 2.45) is 17.1 Å². The van der Waals surface area contributed by atoms with E-state index in [1.165, 1.54) is 25.7 Å². The van der Waals surface area contributed by atoms with Crippen LogP contribution < -0.4 is 5.73 Å². The number of hydrogen-bond acceptors (Lipinski definition) is 1. The summed E-state index contributed by atoms with van der Waals surface area (Å²) in [5.74, 6) is 3.30. The summed E-state index contributed by atoms with van der Waals surface area (Å²) in [5, 5.41) is 0. The minimum Gasteiger partial charge on any atom is -0.327 e. The average molecular weight is 179 g/mol. The van der Waals surface area contributed by atoms with Gasteiger partial charge in [0.05, 0.1) is 0 Å². The lowest BCUT2D eigenvalue weighted by atomic mass is 9.65. The van der Waals surface area contributed by atoms with Gasteiger partial charge in [0.25, 0.3) is 0 Å². The van der Waals surface area contributed by atoms with E-state index in [1.54, 1.807) is 0 Å². The number of hydrogen-bond donors (Lipinski definition) is 1. The highest BCUT2D eigenvalue weighted by Gasteiger charge is 2.35. The Morgan fingerprint density at radius 3 is 2.77 bits per heavy atom. The van der Waals surface area contributed by atoms with Crippen LogP contribution in [0.2, 0.25) is 0 Å². The van der Waals surface area contributed by atoms with Crippen molar-refractivity contribution in [2.75, 3.05) is 0 Å². The van der Waals surface area contributed by atoms with Crippen molar-refractivity contribution in [1.82, 2.24) is 0 Å². The van der Waals surface area contributed by atoms with Gasteiger partial charge >= 0.3 is 0 Å². The Hall–Kier alpha value is -0.480. The van der Waals surface area contributed by atoms with Crippen molar-refractivity contribution in [3.8, 4) is 12.3 Å². The molecule has 1 aliphatic rings. The van der Waals surface area contributed by atoms with Gasteiger partial charge in [-0.25, -0.2) is 0 Å². The maximum atomic E-state index is 6.09. The largest absolute Gasteiger partial charge is 0.327 e. The molecule has 0 aromatic heterocycles. The van der Waals surface area contributed by atoms with Crippen LogP contribution in [0.4, 0.5) is 0 Å². The summed E-state index contributed by atoms with van der Waals surface area (Å²) in [4.78, 5) is 0. The van der Waals surface area contributed by atoms with Crippen LogP contribution in [0.3, 0.4) is 0 Å². The second kappa shape index (κ2) is 4.15. The molecule has 1 fully saturated rings. The third-order valence-corrected chi connectivity index (χ3v) is 3.46. The highest BCUT2D eigenvalue weighted by molar-refractivity contribution is 4.96. The van der Waals surface area contributed by atoms with E-state index in [1.807, 2.05) is 0 Å². The third kappa shape index (κ3) is 2.48. The lowest BCUT2D eigenvalue weighted by Gasteiger charge is -2.41. The maximum absolute atomic E-state index is 6.09. The van der Waals surface area contributed by atoms with Gasteiger partial charge in [-0.3, -0.25) is 0 Å². The van der Waals surface area contributed by atoms with Gasteiger partial charge in [0.15, 0.2) is 0 Å². The van der Waals surface area contributed by atoms with Gasteiger partial charge in [-0.05, 0) is 24.2 Å². The minimum atomic E-state index is 0.209. The molecule has 74 valence electrons. The second-order valence-corrected chi connectivity index (χ2v) is 4.91. The molecule has 0 saturated heterocycles. The molecule has 2 atom stereocenters. The molecule has 13 heavy (non-hydrogen) atoms. The zero-order valence-corrected chi connectivity index (χ0v) is 8.84. The predicted octanol–water partition coefficient (Wildman–Crippen LogP) is 2.55. The van der Waals surface area contributed by atoms with Gasteiger partial charge in [-0.2, -0.15) is 0 Å². The van der Waals surface area contributed by atoms with Crippen LogP contribution in [0.25, 0.3) is 0 Å². The Morgan fingerprint density at radius 2 is 2.23 bits per heavy atom. The molecular formula is C12H21N. The summed E-state index contributed by atoms with van der Waals surface area (Å²) in [7, 11) is 0. The smallest absolute Gasteiger partial charge is 0.0241 e. The molecule has 0 aromatic carbocycles. The molecule has 1 nitrogen and oxygen atoms in total. The number of terminal acetylenes is 1. The van der Waals surface area contributed by atoms with Crippen LogP contribution in [0.5, 0.6) is 0 Å². The molecule has 1 rings (SSSR count). The molecule has 0 amide bonds. The Balaban J connectivity index is 2.60. The summed E-state index contributed by atoms with van der Waals surface area (Å²) < 4.78 is 0. The van der Waals surface area contributed by atoms with E-state index < -0.39 is 0 Å². The first-order valence-corrected chi connectivity index (χ1v) is 5.27. The quantitative estimate of drug-likeness (QED) is 0.648. The van der Waals surface area contributed by atoms with Crippen LogP contribution >= 0.6 is 0 Å². The topological polar surface area (TPSA) is 26.0 Å². The Kier molecular flexibility index (Phi) is 3.39. The van der Waals surface area contributed by atoms with Crippen LogP contribution in [0, 0.1) is 23.7 Å². The first kappa shape index (κ1) is 10.6. The lowest BCUT2D eigenvalue weighted by Crippen LogP contribution is -2.41. The Labute approximate surface area is 82.1 Å². The summed E-state index contributed by atoms with van der Waals surface area (Å²) in [6.45, 7) is 4.65. The van der Waals surface area contributed by atoms with E-state index in [2.05, 4.69) is 19.8 Å². The highest BCUT2D eigenvalue weighted by atomic mass is 14.7. The molecule has 0 spiro atoms. The monoisotopic (exact) mass is 179 g/mol. The molecule has 0 aromatic rings. The van der Waals surface area contributed by atoms with Crippen LogP contribution in [-0.4, -0.2) is 6.04 Å². The van der Waals surface area contributed by atoms with Gasteiger partial charge in [0.2, 0.25) is 0 Å². The zero-order chi connectivity index (χ0) is 9.90. The van der Waals surface area contributed by atoms with E-state index in [-0.39, 0.29) is 6.04 Å². The van der Waals surface area contributed by atoms with Gasteiger partial charge in [0, 0.05) is 12.5 Å². The van der Waals surface area contributed by atoms with Crippen molar-refractivity contribution >= 4 is 0 Å². The summed E-state index contributed by atoms with van der Waals surface area (Å²) in [6.07, 6.45) is 11.3. The second-order valence-electron chi connectivity index (χ2n) is 4.91. The van der Waals surface area contributed by atoms with E-state index in [0.717, 1.165) is 6.42 Å². The molecule has 0 aliphatic heterocycles. The summed E-state index contributed by atoms with van der Waals surface area (Å²) >= 11 is 0. The predicted molar refractivity (Wildman–Crippen MR) is 57.2 cm³/mol. The van der Waals surface area contributed by atoms with Crippen molar-refractivity contribution < 1.29 is 0 Å². The van der Waals surface area contributed by atoms with Crippen LogP contribution in [0.15, 0.2) is 0 Å². The zero-order valence-electron chi connectivity index (χ0n) is 8.84. The van der Waals surface area contributed by atoms with Gasteiger partial charge in [0.1, 0.15) is 0 Å². The normalized spacial score (nSPS) is 29.2. The van der Waals surface area contributed by atoms with Crippen LogP contribution in [-0.2, 0) is 0 Å². The minimum absolute atomic E-state index is 0.209. The van der Waals surface area contributed by atoms with Gasteiger partial charge in [-0.1, -0.05) is 26.7 Å². The molecular weight excluding hydrogens is 158 g/mol. The molecule has 1 saturated carbocycles. The van der Waals surface area contributed by atoms with Crippen molar-refractivity contribution in [3.63, 3.8) is 0 Å². The fraction of sp³-hybridized carbons (Fsp3) is 0.833. The standard InChI is InChI=1S/C12H21N/c1-4-7-11(13)10-8-5-6-9-12(10,2)3/h1,10-11H,5-9,13H2,2-3H3. The fourth-order valence-corrected chi connectivity index (χ4v) is 2.59. The van der Waals surface area contributed by atoms with Crippen molar-refractivity contribution in [1.29, 1.82) is 0 Å². The molecule has 1 aliphatic carbocycles. The molecule has 1 heteroatoms. The highest BCUT2D eigenvalue weighted by Crippen LogP contribution is 2.42. The molecule has 0 radical (unpaired) electrons. The maximum Gasteiger partial charge on any atom is 0.0241 e. The molecule has 0 bridgehead atoms. The van der Waals surface area contributed by atoms with E-state index in [9.17, 15) is 0 Å². The van der Waals surface area contributed by atoms with E-state index in [0.29, 0.717) is 11.3 Å². The summed E-state index contributed by atoms with van der Waals surface area (Å²) in [5.41, 5.74) is 6.49. The van der Waals surface area contributed by atoms with E-state index in [4.69, 9.17) is 12.2 Å². The SMILES string of the molecule is C#CCC(N)C1CCCCC1(C)C.